The van der Waals surface area contributed by atoms with E-state index in [2.05, 4.69) is 26.6 Å². The van der Waals surface area contributed by atoms with Crippen LogP contribution in [0.15, 0.2) is 59.1 Å². The summed E-state index contributed by atoms with van der Waals surface area (Å²) in [5.74, 6) is -1.09. The number of nitrogens with one attached hydrogen (secondary N) is 2. The molecule has 0 saturated heterocycles. The number of carbonyl (C=O) groups is 3. The van der Waals surface area contributed by atoms with Crippen molar-refractivity contribution in [2.75, 3.05) is 17.2 Å². The Balaban J connectivity index is 1.60. The van der Waals surface area contributed by atoms with E-state index in [0.717, 1.165) is 4.47 Å². The molecule has 0 aromatic heterocycles. The number of carbonyl (C=O) groups excluding carboxylic acids is 3. The smallest absolute Gasteiger partial charge is 0.306 e. The largest absolute Gasteiger partial charge is 0.456 e. The number of halogens is 1. The van der Waals surface area contributed by atoms with Gasteiger partial charge >= 0.3 is 5.97 Å². The van der Waals surface area contributed by atoms with Gasteiger partial charge in [-0.05, 0) is 42.8 Å². The second-order valence-electron chi connectivity index (χ2n) is 5.48. The van der Waals surface area contributed by atoms with Crippen molar-refractivity contribution in [1.29, 1.82) is 0 Å². The Morgan fingerprint density at radius 1 is 0.808 bits per heavy atom. The molecule has 2 aromatic carbocycles. The van der Waals surface area contributed by atoms with Gasteiger partial charge in [0.15, 0.2) is 6.61 Å². The molecular weight excluding hydrogens is 400 g/mol. The predicted octanol–water partition coefficient (Wildman–Crippen LogP) is 3.74. The van der Waals surface area contributed by atoms with Gasteiger partial charge in [0, 0.05) is 28.7 Å². The lowest BCUT2D eigenvalue weighted by Crippen LogP contribution is -2.21. The molecule has 136 valence electrons. The lowest BCUT2D eigenvalue weighted by Gasteiger charge is -2.07. The van der Waals surface area contributed by atoms with Crippen molar-refractivity contribution in [1.82, 2.24) is 0 Å². The van der Waals surface area contributed by atoms with E-state index in [-0.39, 0.29) is 25.4 Å². The van der Waals surface area contributed by atoms with Crippen LogP contribution in [0.3, 0.4) is 0 Å². The van der Waals surface area contributed by atoms with E-state index in [1.165, 1.54) is 0 Å². The predicted molar refractivity (Wildman–Crippen MR) is 103 cm³/mol. The quantitative estimate of drug-likeness (QED) is 0.639. The Labute approximate surface area is 160 Å². The van der Waals surface area contributed by atoms with Gasteiger partial charge in [-0.1, -0.05) is 34.1 Å². The highest BCUT2D eigenvalue weighted by atomic mass is 79.9. The number of benzene rings is 2. The Bertz CT molecular complexity index is 748. The first-order chi connectivity index (χ1) is 12.5. The van der Waals surface area contributed by atoms with Gasteiger partial charge in [0.05, 0.1) is 0 Å². The van der Waals surface area contributed by atoms with Crippen molar-refractivity contribution in [2.45, 2.75) is 19.3 Å². The number of rotatable bonds is 8. The minimum atomic E-state index is -0.510. The first-order valence-corrected chi connectivity index (χ1v) is 8.88. The Morgan fingerprint density at radius 3 is 2.12 bits per heavy atom. The molecule has 0 radical (unpaired) electrons. The molecule has 0 heterocycles. The maximum Gasteiger partial charge on any atom is 0.306 e. The van der Waals surface area contributed by atoms with Gasteiger partial charge in [0.2, 0.25) is 5.91 Å². The topological polar surface area (TPSA) is 84.5 Å². The van der Waals surface area contributed by atoms with Crippen molar-refractivity contribution in [3.05, 3.63) is 59.1 Å². The van der Waals surface area contributed by atoms with Crippen molar-refractivity contribution >= 4 is 45.1 Å². The van der Waals surface area contributed by atoms with Crippen LogP contribution in [-0.2, 0) is 19.1 Å². The zero-order valence-electron chi connectivity index (χ0n) is 14.0. The fraction of sp³-hybridized carbons (Fsp3) is 0.211. The summed E-state index contributed by atoms with van der Waals surface area (Å²) in [6.45, 7) is -0.348. The first-order valence-electron chi connectivity index (χ1n) is 8.09. The van der Waals surface area contributed by atoms with Crippen LogP contribution < -0.4 is 10.6 Å². The molecule has 2 amide bonds. The number of para-hydroxylation sites is 1. The van der Waals surface area contributed by atoms with E-state index in [9.17, 15) is 14.4 Å². The van der Waals surface area contributed by atoms with Gasteiger partial charge in [-0.15, -0.1) is 0 Å². The van der Waals surface area contributed by atoms with Crippen LogP contribution in [-0.4, -0.2) is 24.4 Å². The number of hydrogen-bond acceptors (Lipinski definition) is 4. The molecule has 0 saturated carbocycles. The van der Waals surface area contributed by atoms with Crippen LogP contribution in [0, 0.1) is 0 Å². The summed E-state index contributed by atoms with van der Waals surface area (Å²) in [6.07, 6.45) is 0.620. The summed E-state index contributed by atoms with van der Waals surface area (Å²) in [5, 5.41) is 5.36. The third-order valence-corrected chi connectivity index (χ3v) is 3.86. The molecule has 0 atom stereocenters. The lowest BCUT2D eigenvalue weighted by molar-refractivity contribution is -0.147. The Hall–Kier alpha value is -2.67. The van der Waals surface area contributed by atoms with Crippen LogP contribution in [0.1, 0.15) is 19.3 Å². The van der Waals surface area contributed by atoms with Gasteiger partial charge in [-0.2, -0.15) is 0 Å². The monoisotopic (exact) mass is 418 g/mol. The van der Waals surface area contributed by atoms with E-state index in [4.69, 9.17) is 4.74 Å². The van der Waals surface area contributed by atoms with Gasteiger partial charge in [0.1, 0.15) is 0 Å². The first kappa shape index (κ1) is 19.7. The van der Waals surface area contributed by atoms with Gasteiger partial charge in [-0.3, -0.25) is 14.4 Å². The second kappa shape index (κ2) is 10.4. The number of esters is 1. The van der Waals surface area contributed by atoms with E-state index < -0.39 is 11.9 Å². The summed E-state index contributed by atoms with van der Waals surface area (Å²) < 4.78 is 5.83. The highest BCUT2D eigenvalue weighted by Crippen LogP contribution is 2.14. The molecule has 0 unspecified atom stereocenters. The number of amides is 2. The molecule has 6 nitrogen and oxygen atoms in total. The third kappa shape index (κ3) is 7.48. The summed E-state index contributed by atoms with van der Waals surface area (Å²) in [7, 11) is 0. The highest BCUT2D eigenvalue weighted by molar-refractivity contribution is 9.10. The van der Waals surface area contributed by atoms with Crippen molar-refractivity contribution in [3.8, 4) is 0 Å². The van der Waals surface area contributed by atoms with Crippen LogP contribution in [0.4, 0.5) is 11.4 Å². The molecule has 0 bridgehead atoms. The van der Waals surface area contributed by atoms with Crippen molar-refractivity contribution in [3.63, 3.8) is 0 Å². The fourth-order valence-electron chi connectivity index (χ4n) is 2.09. The average molecular weight is 419 g/mol. The maximum absolute atomic E-state index is 11.8. The van der Waals surface area contributed by atoms with Crippen LogP contribution in [0.5, 0.6) is 0 Å². The Morgan fingerprint density at radius 2 is 1.42 bits per heavy atom. The normalized spacial score (nSPS) is 10.0. The molecule has 7 heteroatoms. The van der Waals surface area contributed by atoms with Gasteiger partial charge in [0.25, 0.3) is 5.91 Å². The van der Waals surface area contributed by atoms with E-state index in [1.54, 1.807) is 36.4 Å². The third-order valence-electron chi connectivity index (χ3n) is 3.33. The fourth-order valence-corrected chi connectivity index (χ4v) is 2.35. The SMILES string of the molecule is O=C(CCCC(=O)OCC(=O)Nc1ccccc1)Nc1ccc(Br)cc1. The number of ether oxygens (including phenoxy) is 1. The summed E-state index contributed by atoms with van der Waals surface area (Å²) in [5.41, 5.74) is 1.33. The maximum atomic E-state index is 11.8. The van der Waals surface area contributed by atoms with Gasteiger partial charge in [-0.25, -0.2) is 0 Å². The minimum absolute atomic E-state index is 0.0758. The molecule has 2 N–H and O–H groups in total. The standard InChI is InChI=1S/C19H19BrN2O4/c20-14-9-11-16(12-10-14)21-17(23)7-4-8-19(25)26-13-18(24)22-15-5-2-1-3-6-15/h1-3,5-6,9-12H,4,7-8,13H2,(H,21,23)(H,22,24). The average Bonchev–Trinajstić information content (AvgIpc) is 2.63. The van der Waals surface area contributed by atoms with Crippen LogP contribution in [0.2, 0.25) is 0 Å². The molecule has 2 rings (SSSR count). The number of hydrogen-bond donors (Lipinski definition) is 2. The van der Waals surface area contributed by atoms with Crippen LogP contribution in [0.25, 0.3) is 0 Å². The zero-order chi connectivity index (χ0) is 18.8. The summed E-state index contributed by atoms with van der Waals surface area (Å²) in [4.78, 5) is 35.1. The van der Waals surface area contributed by atoms with Crippen molar-refractivity contribution in [2.24, 2.45) is 0 Å². The van der Waals surface area contributed by atoms with E-state index in [1.807, 2.05) is 18.2 Å². The molecule has 2 aromatic rings. The summed E-state index contributed by atoms with van der Waals surface area (Å²) in [6, 6.07) is 16.1. The second-order valence-corrected chi connectivity index (χ2v) is 6.40. The zero-order valence-corrected chi connectivity index (χ0v) is 15.6. The molecule has 26 heavy (non-hydrogen) atoms. The molecule has 0 fully saturated rings. The van der Waals surface area contributed by atoms with E-state index >= 15 is 0 Å². The minimum Gasteiger partial charge on any atom is -0.456 e. The van der Waals surface area contributed by atoms with E-state index in [0.29, 0.717) is 17.8 Å². The molecule has 0 spiro atoms. The Kier molecular flexibility index (Phi) is 7.82. The highest BCUT2D eigenvalue weighted by Gasteiger charge is 2.09. The summed E-state index contributed by atoms with van der Waals surface area (Å²) >= 11 is 3.32. The lowest BCUT2D eigenvalue weighted by atomic mass is 10.2. The molecule has 0 aliphatic rings. The molecular formula is C19H19BrN2O4. The van der Waals surface area contributed by atoms with Crippen LogP contribution >= 0.6 is 15.9 Å². The number of anilines is 2. The van der Waals surface area contributed by atoms with Gasteiger partial charge < -0.3 is 15.4 Å². The molecule has 0 aliphatic heterocycles. The molecule has 0 aliphatic carbocycles. The van der Waals surface area contributed by atoms with Crippen molar-refractivity contribution < 1.29 is 19.1 Å².